The van der Waals surface area contributed by atoms with Crippen LogP contribution in [0, 0.1) is 0 Å². The number of aromatic amines is 1. The average Bonchev–Trinajstić information content (AvgIpc) is 3.77. The Morgan fingerprint density at radius 1 is 0.789 bits per heavy atom. The van der Waals surface area contributed by atoms with Gasteiger partial charge >= 0.3 is 0 Å². The number of nitrogens with one attached hydrogen (secondary N) is 2. The molecule has 2 fully saturated rings. The van der Waals surface area contributed by atoms with Crippen molar-refractivity contribution in [2.24, 2.45) is 0 Å². The minimum Gasteiger partial charge on any atom is -0.493 e. The normalized spacial score (nSPS) is 17.3. The van der Waals surface area contributed by atoms with Gasteiger partial charge in [0.25, 0.3) is 5.91 Å². The lowest BCUT2D eigenvalue weighted by Gasteiger charge is -2.35. The predicted molar refractivity (Wildman–Crippen MR) is 220 cm³/mol. The topological polar surface area (TPSA) is 129 Å². The van der Waals surface area contributed by atoms with Gasteiger partial charge < -0.3 is 29.6 Å². The number of H-pyrrole nitrogens is 1. The second-order valence-corrected chi connectivity index (χ2v) is 15.1. The number of carbonyl (C=O) groups excluding carboxylic acids is 2. The lowest BCUT2D eigenvalue weighted by molar-refractivity contribution is -0.126. The molecule has 9 rings (SSSR count). The van der Waals surface area contributed by atoms with E-state index in [0.29, 0.717) is 56.0 Å². The molecule has 290 valence electrons. The van der Waals surface area contributed by atoms with Crippen LogP contribution in [-0.2, 0) is 17.8 Å². The Balaban J connectivity index is 0.668. The Kier molecular flexibility index (Phi) is 10.3. The number of fused-ring (bicyclic) bond motifs is 4. The van der Waals surface area contributed by atoms with Crippen molar-refractivity contribution < 1.29 is 19.1 Å². The fourth-order valence-corrected chi connectivity index (χ4v) is 8.16. The molecule has 12 nitrogen and oxygen atoms in total. The van der Waals surface area contributed by atoms with Crippen LogP contribution >= 0.6 is 0 Å². The van der Waals surface area contributed by atoms with Gasteiger partial charge in [-0.3, -0.25) is 24.5 Å². The molecule has 4 aromatic heterocycles. The number of hydrogen-bond donors (Lipinski definition) is 2. The van der Waals surface area contributed by atoms with Crippen molar-refractivity contribution in [1.29, 1.82) is 0 Å². The van der Waals surface area contributed by atoms with Crippen molar-refractivity contribution in [3.8, 4) is 22.6 Å². The summed E-state index contributed by atoms with van der Waals surface area (Å²) in [4.78, 5) is 49.3. The Hall–Kier alpha value is -6.27. The van der Waals surface area contributed by atoms with Gasteiger partial charge in [-0.1, -0.05) is 24.8 Å². The van der Waals surface area contributed by atoms with E-state index in [9.17, 15) is 9.59 Å². The molecule has 2 aromatic carbocycles. The molecule has 3 aliphatic heterocycles. The number of amides is 2. The monoisotopic (exact) mass is 762 g/mol. The van der Waals surface area contributed by atoms with Crippen LogP contribution < -0.4 is 19.7 Å². The predicted octanol–water partition coefficient (Wildman–Crippen LogP) is 6.52. The Labute approximate surface area is 331 Å². The SMILES string of the molecule is C=C1CCC(N2Cc3cc(OCCCOc4ccc(N5CCN(CCCc6ccc(-c7ccc8c(c7)[nH]c7ccncc78)cn6)CC5)nc4)ccc3C2=O)C(=O)N1. The molecule has 57 heavy (non-hydrogen) atoms. The number of piperidine rings is 1. The van der Waals surface area contributed by atoms with E-state index in [4.69, 9.17) is 19.4 Å². The summed E-state index contributed by atoms with van der Waals surface area (Å²) in [7, 11) is 0. The first-order valence-corrected chi connectivity index (χ1v) is 19.9. The third kappa shape index (κ3) is 7.90. The molecule has 0 bridgehead atoms. The summed E-state index contributed by atoms with van der Waals surface area (Å²) in [6.07, 6.45) is 11.5. The first kappa shape index (κ1) is 36.4. The number of benzene rings is 2. The van der Waals surface area contributed by atoms with Gasteiger partial charge in [0.2, 0.25) is 5.91 Å². The third-order valence-corrected chi connectivity index (χ3v) is 11.3. The highest BCUT2D eigenvalue weighted by Gasteiger charge is 2.38. The first-order valence-electron chi connectivity index (χ1n) is 19.9. The maximum absolute atomic E-state index is 13.0. The number of piperazine rings is 1. The third-order valence-electron chi connectivity index (χ3n) is 11.3. The van der Waals surface area contributed by atoms with E-state index in [0.717, 1.165) is 95.9 Å². The minimum absolute atomic E-state index is 0.113. The van der Waals surface area contributed by atoms with E-state index in [1.807, 2.05) is 48.9 Å². The average molecular weight is 763 g/mol. The van der Waals surface area contributed by atoms with Gasteiger partial charge in [0.1, 0.15) is 23.4 Å². The molecule has 0 spiro atoms. The summed E-state index contributed by atoms with van der Waals surface area (Å²) in [5, 5.41) is 5.11. The fourth-order valence-electron chi connectivity index (χ4n) is 8.16. The van der Waals surface area contributed by atoms with E-state index in [1.165, 1.54) is 5.39 Å². The van der Waals surface area contributed by atoms with Crippen molar-refractivity contribution in [3.63, 3.8) is 0 Å². The van der Waals surface area contributed by atoms with Crippen LogP contribution in [0.2, 0.25) is 0 Å². The maximum Gasteiger partial charge on any atom is 0.255 e. The number of pyridine rings is 3. The number of ether oxygens (including phenoxy) is 2. The van der Waals surface area contributed by atoms with Crippen LogP contribution in [0.4, 0.5) is 5.82 Å². The van der Waals surface area contributed by atoms with Crippen LogP contribution in [0.15, 0.2) is 104 Å². The van der Waals surface area contributed by atoms with Crippen LogP contribution in [-0.4, -0.2) is 93.5 Å². The van der Waals surface area contributed by atoms with Crippen molar-refractivity contribution in [3.05, 3.63) is 121 Å². The van der Waals surface area contributed by atoms with Crippen LogP contribution in [0.5, 0.6) is 11.5 Å². The molecular weight excluding hydrogens is 717 g/mol. The van der Waals surface area contributed by atoms with Crippen molar-refractivity contribution in [2.45, 2.75) is 44.7 Å². The highest BCUT2D eigenvalue weighted by molar-refractivity contribution is 6.07. The van der Waals surface area contributed by atoms with Gasteiger partial charge in [-0.2, -0.15) is 0 Å². The molecule has 1 unspecified atom stereocenters. The van der Waals surface area contributed by atoms with E-state index in [2.05, 4.69) is 62.0 Å². The zero-order valence-electron chi connectivity index (χ0n) is 32.0. The van der Waals surface area contributed by atoms with Gasteiger partial charge in [0.05, 0.1) is 19.4 Å². The number of nitrogens with zero attached hydrogens (tertiary/aromatic N) is 6. The molecule has 2 N–H and O–H groups in total. The second kappa shape index (κ2) is 16.1. The second-order valence-electron chi connectivity index (χ2n) is 15.1. The van der Waals surface area contributed by atoms with E-state index >= 15 is 0 Å². The number of anilines is 1. The maximum atomic E-state index is 13.0. The molecule has 2 saturated heterocycles. The Morgan fingerprint density at radius 3 is 2.44 bits per heavy atom. The van der Waals surface area contributed by atoms with Gasteiger partial charge in [0, 0.05) is 102 Å². The number of rotatable bonds is 13. The highest BCUT2D eigenvalue weighted by Crippen LogP contribution is 2.32. The quantitative estimate of drug-likeness (QED) is 0.126. The van der Waals surface area contributed by atoms with E-state index in [1.54, 1.807) is 17.2 Å². The van der Waals surface area contributed by atoms with Crippen LogP contribution in [0.1, 0.15) is 47.3 Å². The Morgan fingerprint density at radius 2 is 1.63 bits per heavy atom. The Bertz CT molecular complexity index is 2420. The summed E-state index contributed by atoms with van der Waals surface area (Å²) in [6, 6.07) is 21.9. The molecule has 1 atom stereocenters. The molecule has 0 radical (unpaired) electrons. The molecular formula is C45H46N8O4. The molecule has 7 heterocycles. The number of hydrogen-bond acceptors (Lipinski definition) is 9. The molecule has 0 aliphatic carbocycles. The van der Waals surface area contributed by atoms with Crippen LogP contribution in [0.3, 0.4) is 0 Å². The largest absolute Gasteiger partial charge is 0.493 e. The zero-order valence-corrected chi connectivity index (χ0v) is 32.0. The van der Waals surface area contributed by atoms with Gasteiger partial charge in [-0.25, -0.2) is 4.98 Å². The highest BCUT2D eigenvalue weighted by atomic mass is 16.5. The summed E-state index contributed by atoms with van der Waals surface area (Å²) in [5.41, 5.74) is 7.82. The lowest BCUT2D eigenvalue weighted by Crippen LogP contribution is -2.49. The van der Waals surface area contributed by atoms with Crippen molar-refractivity contribution in [1.82, 2.24) is 35.1 Å². The van der Waals surface area contributed by atoms with Crippen molar-refractivity contribution >= 4 is 39.4 Å². The van der Waals surface area contributed by atoms with Gasteiger partial charge in [-0.15, -0.1) is 0 Å². The fraction of sp³-hybridized carbons (Fsp3) is 0.311. The molecule has 2 amide bonds. The summed E-state index contributed by atoms with van der Waals surface area (Å²) in [6.45, 7) is 10.2. The van der Waals surface area contributed by atoms with Crippen molar-refractivity contribution in [2.75, 3.05) is 50.8 Å². The number of carbonyl (C=O) groups is 2. The minimum atomic E-state index is -0.472. The van der Waals surface area contributed by atoms with Gasteiger partial charge in [-0.05, 0) is 91.9 Å². The van der Waals surface area contributed by atoms with E-state index < -0.39 is 6.04 Å². The number of aromatic nitrogens is 4. The molecule has 12 heteroatoms. The number of allylic oxidation sites excluding steroid dienone is 1. The van der Waals surface area contributed by atoms with E-state index in [-0.39, 0.29) is 11.8 Å². The summed E-state index contributed by atoms with van der Waals surface area (Å²) in [5.74, 6) is 2.13. The molecule has 3 aliphatic rings. The first-order chi connectivity index (χ1) is 27.9. The lowest BCUT2D eigenvalue weighted by atomic mass is 10.0. The standard InChI is InChI=1S/C45H46N8O4/c1-30-5-13-42(44(54)49-30)53-29-33-24-35(9-12-37(33)45(53)55)56-22-3-23-57-36-10-14-43(48-27-36)52-20-18-51(19-21-52)17-2-4-34-8-6-32(26-47-34)31-7-11-38-39-28-46-16-15-40(39)50-41(38)25-31/h6-12,14-16,24-28,42,50H,1-5,13,17-23,29H2,(H,49,54). The van der Waals surface area contributed by atoms with Crippen LogP contribution in [0.25, 0.3) is 32.9 Å². The molecule has 0 saturated carbocycles. The summed E-state index contributed by atoms with van der Waals surface area (Å²) < 4.78 is 11.9. The zero-order chi connectivity index (χ0) is 38.7. The molecule has 6 aromatic rings. The van der Waals surface area contributed by atoms with Gasteiger partial charge in [0.15, 0.2) is 0 Å². The number of aryl methyl sites for hydroxylation is 1. The smallest absolute Gasteiger partial charge is 0.255 e. The summed E-state index contributed by atoms with van der Waals surface area (Å²) >= 11 is 0.